The number of amides is 4. The van der Waals surface area contributed by atoms with Gasteiger partial charge in [-0.05, 0) is 66.6 Å². The molecule has 3 aromatic carbocycles. The molecule has 0 radical (unpaired) electrons. The molecular weight excluding hydrogens is 592 g/mol. The van der Waals surface area contributed by atoms with E-state index >= 15 is 0 Å². The van der Waals surface area contributed by atoms with Crippen molar-refractivity contribution in [3.63, 3.8) is 0 Å². The topological polar surface area (TPSA) is 116 Å². The summed E-state index contributed by atoms with van der Waals surface area (Å²) in [7, 11) is 0. The SMILES string of the molecule is O=C(CCc1ccc(F)cc1)N[C@@H](CCC(=O)NC1(C(F)(F)F)CC1)C(=O)NCCNC(=O)c1cccc(-c2ccccc2)c1. The molecule has 1 fully saturated rings. The van der Waals surface area contributed by atoms with Crippen molar-refractivity contribution in [3.05, 3.63) is 95.8 Å². The molecule has 4 amide bonds. The average molecular weight is 627 g/mol. The van der Waals surface area contributed by atoms with Crippen molar-refractivity contribution < 1.29 is 36.7 Å². The molecule has 4 rings (SSSR count). The minimum absolute atomic E-state index is 0.00567. The first kappa shape index (κ1) is 33.2. The molecule has 0 aliphatic heterocycles. The van der Waals surface area contributed by atoms with Crippen LogP contribution in [-0.4, -0.2) is 54.5 Å². The molecule has 0 unspecified atom stereocenters. The summed E-state index contributed by atoms with van der Waals surface area (Å²) >= 11 is 0. The highest BCUT2D eigenvalue weighted by Gasteiger charge is 2.64. The lowest BCUT2D eigenvalue weighted by Gasteiger charge is -2.22. The highest BCUT2D eigenvalue weighted by atomic mass is 19.4. The van der Waals surface area contributed by atoms with Gasteiger partial charge >= 0.3 is 6.18 Å². The molecule has 0 saturated heterocycles. The number of rotatable bonds is 14. The zero-order chi connectivity index (χ0) is 32.5. The van der Waals surface area contributed by atoms with Crippen LogP contribution < -0.4 is 21.3 Å². The Morgan fingerprint density at radius 1 is 0.778 bits per heavy atom. The van der Waals surface area contributed by atoms with Crippen molar-refractivity contribution in [2.75, 3.05) is 13.1 Å². The Hall–Kier alpha value is -4.74. The van der Waals surface area contributed by atoms with Crippen LogP contribution in [0.15, 0.2) is 78.9 Å². The van der Waals surface area contributed by atoms with Crippen molar-refractivity contribution in [2.24, 2.45) is 0 Å². The molecule has 45 heavy (non-hydrogen) atoms. The molecule has 0 aromatic heterocycles. The maximum Gasteiger partial charge on any atom is 0.411 e. The smallest absolute Gasteiger partial charge is 0.353 e. The Morgan fingerprint density at radius 3 is 2.11 bits per heavy atom. The second-order valence-corrected chi connectivity index (χ2v) is 10.9. The fourth-order valence-corrected chi connectivity index (χ4v) is 4.71. The normalized spacial score (nSPS) is 14.1. The summed E-state index contributed by atoms with van der Waals surface area (Å²) in [6.45, 7) is 0.0498. The predicted octanol–water partition coefficient (Wildman–Crippen LogP) is 4.45. The van der Waals surface area contributed by atoms with Crippen molar-refractivity contribution in [1.29, 1.82) is 0 Å². The average Bonchev–Trinajstić information content (AvgIpc) is 3.82. The number of alkyl halides is 3. The second-order valence-electron chi connectivity index (χ2n) is 10.9. The van der Waals surface area contributed by atoms with E-state index in [0.29, 0.717) is 11.1 Å². The molecule has 1 aliphatic carbocycles. The Balaban J connectivity index is 1.29. The molecule has 1 saturated carbocycles. The van der Waals surface area contributed by atoms with Crippen LogP contribution in [-0.2, 0) is 20.8 Å². The van der Waals surface area contributed by atoms with Gasteiger partial charge in [-0.15, -0.1) is 0 Å². The van der Waals surface area contributed by atoms with E-state index in [1.54, 1.807) is 18.2 Å². The first-order valence-corrected chi connectivity index (χ1v) is 14.6. The van der Waals surface area contributed by atoms with Crippen LogP contribution in [0.3, 0.4) is 0 Å². The minimum atomic E-state index is -4.58. The molecule has 238 valence electrons. The number of halogens is 4. The van der Waals surface area contributed by atoms with Gasteiger partial charge in [-0.2, -0.15) is 13.2 Å². The largest absolute Gasteiger partial charge is 0.411 e. The molecule has 0 heterocycles. The quantitative estimate of drug-likeness (QED) is 0.156. The Labute approximate surface area is 258 Å². The van der Waals surface area contributed by atoms with Crippen LogP contribution in [0.1, 0.15) is 48.0 Å². The Bertz CT molecular complexity index is 1490. The van der Waals surface area contributed by atoms with Gasteiger partial charge in [0.1, 0.15) is 17.4 Å². The number of nitrogens with one attached hydrogen (secondary N) is 4. The summed E-state index contributed by atoms with van der Waals surface area (Å²) in [5.41, 5.74) is 0.691. The van der Waals surface area contributed by atoms with Gasteiger partial charge in [0.05, 0.1) is 0 Å². The van der Waals surface area contributed by atoms with Crippen LogP contribution in [0, 0.1) is 5.82 Å². The molecular formula is C33H34F4N4O4. The molecule has 8 nitrogen and oxygen atoms in total. The monoisotopic (exact) mass is 626 g/mol. The maximum absolute atomic E-state index is 13.3. The molecule has 3 aromatic rings. The molecule has 0 spiro atoms. The lowest BCUT2D eigenvalue weighted by molar-refractivity contribution is -0.170. The zero-order valence-corrected chi connectivity index (χ0v) is 24.4. The van der Waals surface area contributed by atoms with Crippen LogP contribution in [0.2, 0.25) is 0 Å². The lowest BCUT2D eigenvalue weighted by atomic mass is 10.0. The summed E-state index contributed by atoms with van der Waals surface area (Å²) in [5, 5.41) is 9.87. The van der Waals surface area contributed by atoms with E-state index in [0.717, 1.165) is 11.1 Å². The van der Waals surface area contributed by atoms with Gasteiger partial charge < -0.3 is 21.3 Å². The van der Waals surface area contributed by atoms with E-state index in [2.05, 4.69) is 16.0 Å². The predicted molar refractivity (Wildman–Crippen MR) is 159 cm³/mol. The third-order valence-corrected chi connectivity index (χ3v) is 7.48. The van der Waals surface area contributed by atoms with Gasteiger partial charge in [0, 0.05) is 31.5 Å². The Morgan fingerprint density at radius 2 is 1.44 bits per heavy atom. The van der Waals surface area contributed by atoms with Crippen LogP contribution in [0.4, 0.5) is 17.6 Å². The highest BCUT2D eigenvalue weighted by molar-refractivity contribution is 5.95. The van der Waals surface area contributed by atoms with Gasteiger partial charge in [0.25, 0.3) is 5.91 Å². The van der Waals surface area contributed by atoms with Gasteiger partial charge in [0.2, 0.25) is 17.7 Å². The third-order valence-electron chi connectivity index (χ3n) is 7.48. The standard InChI is InChI=1S/C33H34F4N4O4/c34-26-12-9-22(10-13-26)11-15-28(42)40-27(14-16-29(43)41-32(17-18-32)33(35,36)37)31(45)39-20-19-38-30(44)25-8-4-7-24(21-25)23-5-2-1-3-6-23/h1-10,12-13,21,27H,11,14-20H2,(H,38,44)(H,39,45)(H,40,42)(H,41,43)/t27-/m0/s1. The zero-order valence-electron chi connectivity index (χ0n) is 24.4. The molecule has 12 heteroatoms. The van der Waals surface area contributed by atoms with Crippen LogP contribution in [0.25, 0.3) is 11.1 Å². The van der Waals surface area contributed by atoms with E-state index < -0.39 is 47.7 Å². The minimum Gasteiger partial charge on any atom is -0.353 e. The van der Waals surface area contributed by atoms with E-state index in [1.807, 2.05) is 41.7 Å². The summed E-state index contributed by atoms with van der Waals surface area (Å²) < 4.78 is 52.9. The van der Waals surface area contributed by atoms with E-state index in [9.17, 15) is 36.7 Å². The third kappa shape index (κ3) is 9.62. The summed E-state index contributed by atoms with van der Waals surface area (Å²) in [6, 6.07) is 20.9. The number of hydrogen-bond acceptors (Lipinski definition) is 4. The van der Waals surface area contributed by atoms with E-state index in [1.165, 1.54) is 24.3 Å². The van der Waals surface area contributed by atoms with Crippen molar-refractivity contribution in [1.82, 2.24) is 21.3 Å². The van der Waals surface area contributed by atoms with Gasteiger partial charge in [-0.25, -0.2) is 4.39 Å². The number of hydrogen-bond donors (Lipinski definition) is 4. The van der Waals surface area contributed by atoms with E-state index in [-0.39, 0.29) is 51.1 Å². The number of aryl methyl sites for hydroxylation is 1. The Kier molecular flexibility index (Phi) is 10.9. The summed E-state index contributed by atoms with van der Waals surface area (Å²) in [6.07, 6.45) is -5.47. The highest BCUT2D eigenvalue weighted by Crippen LogP contribution is 2.48. The molecule has 1 aliphatic rings. The molecule has 1 atom stereocenters. The van der Waals surface area contributed by atoms with Gasteiger partial charge in [-0.1, -0.05) is 54.6 Å². The van der Waals surface area contributed by atoms with E-state index in [4.69, 9.17) is 0 Å². The molecule has 4 N–H and O–H groups in total. The summed E-state index contributed by atoms with van der Waals surface area (Å²) in [4.78, 5) is 50.7. The molecule has 0 bridgehead atoms. The second kappa shape index (κ2) is 14.8. The van der Waals surface area contributed by atoms with Crippen LogP contribution >= 0.6 is 0 Å². The lowest BCUT2D eigenvalue weighted by Crippen LogP contribution is -2.50. The fourth-order valence-electron chi connectivity index (χ4n) is 4.71. The van der Waals surface area contributed by atoms with Crippen molar-refractivity contribution >= 4 is 23.6 Å². The fraction of sp³-hybridized carbons (Fsp3) is 0.333. The van der Waals surface area contributed by atoms with Crippen molar-refractivity contribution in [2.45, 2.75) is 56.3 Å². The summed E-state index contributed by atoms with van der Waals surface area (Å²) in [5.74, 6) is -2.85. The number of benzene rings is 3. The van der Waals surface area contributed by atoms with Crippen molar-refractivity contribution in [3.8, 4) is 11.1 Å². The van der Waals surface area contributed by atoms with Crippen LogP contribution in [0.5, 0.6) is 0 Å². The van der Waals surface area contributed by atoms with Gasteiger partial charge in [-0.3, -0.25) is 19.2 Å². The maximum atomic E-state index is 13.3. The first-order valence-electron chi connectivity index (χ1n) is 14.6. The van der Waals surface area contributed by atoms with Gasteiger partial charge in [0.15, 0.2) is 0 Å². The number of carbonyl (C=O) groups is 4. The number of carbonyl (C=O) groups excluding carboxylic acids is 4. The first-order chi connectivity index (χ1) is 21.5.